The number of methoxy groups -OCH3 is 1. The van der Waals surface area contributed by atoms with E-state index in [2.05, 4.69) is 5.16 Å². The molecule has 0 unspecified atom stereocenters. The molecule has 0 aliphatic rings. The zero-order valence-electron chi connectivity index (χ0n) is 18.6. The van der Waals surface area contributed by atoms with Gasteiger partial charge in [0.15, 0.2) is 11.5 Å². The molecule has 1 heterocycles. The molecule has 0 atom stereocenters. The second-order valence-corrected chi connectivity index (χ2v) is 7.17. The zero-order valence-corrected chi connectivity index (χ0v) is 18.6. The van der Waals surface area contributed by atoms with Gasteiger partial charge >= 0.3 is 0 Å². The fourth-order valence-electron chi connectivity index (χ4n) is 3.26. The fourth-order valence-corrected chi connectivity index (χ4v) is 3.26. The molecule has 164 valence electrons. The average molecular weight is 424 g/mol. The van der Waals surface area contributed by atoms with Gasteiger partial charge in [-0.1, -0.05) is 23.4 Å². The molecule has 3 rings (SSSR count). The van der Waals surface area contributed by atoms with Crippen LogP contribution in [-0.2, 0) is 13.2 Å². The van der Waals surface area contributed by atoms with Crippen molar-refractivity contribution in [2.24, 2.45) is 0 Å². The first-order chi connectivity index (χ1) is 14.9. The number of hydrogen-bond donors (Lipinski definition) is 0. The molecule has 0 radical (unpaired) electrons. The number of benzene rings is 2. The van der Waals surface area contributed by atoms with E-state index in [4.69, 9.17) is 18.7 Å². The Kier molecular flexibility index (Phi) is 7.18. The Bertz CT molecular complexity index is 1020. The number of rotatable bonds is 9. The molecule has 0 saturated carbocycles. The molecule has 0 fully saturated rings. The standard InChI is InChI=1S/C24H28N2O5/c1-6-29-22-12-11-18(13-23(22)28-5)14-26(4)24(27)19-9-7-8-10-21(19)30-15-20-16(2)25-31-17(20)3/h7-13H,6,14-15H2,1-5H3. The van der Waals surface area contributed by atoms with Crippen LogP contribution in [0.1, 0.15) is 39.9 Å². The first-order valence-electron chi connectivity index (χ1n) is 10.1. The molecular formula is C24H28N2O5. The molecule has 3 aromatic rings. The molecule has 0 aliphatic heterocycles. The maximum atomic E-state index is 13.1. The molecule has 0 spiro atoms. The first-order valence-corrected chi connectivity index (χ1v) is 10.1. The number of carbonyl (C=O) groups is 1. The highest BCUT2D eigenvalue weighted by atomic mass is 16.5. The Balaban J connectivity index is 1.74. The van der Waals surface area contributed by atoms with Crippen LogP contribution in [0.5, 0.6) is 17.2 Å². The highest BCUT2D eigenvalue weighted by Crippen LogP contribution is 2.29. The zero-order chi connectivity index (χ0) is 22.4. The van der Waals surface area contributed by atoms with Crippen molar-refractivity contribution < 1.29 is 23.5 Å². The van der Waals surface area contributed by atoms with Crippen LogP contribution in [0.2, 0.25) is 0 Å². The molecule has 7 nitrogen and oxygen atoms in total. The predicted molar refractivity (Wildman–Crippen MR) is 117 cm³/mol. The minimum absolute atomic E-state index is 0.137. The quantitative estimate of drug-likeness (QED) is 0.502. The van der Waals surface area contributed by atoms with Crippen LogP contribution in [0.15, 0.2) is 47.0 Å². The Hall–Kier alpha value is -3.48. The Morgan fingerprint density at radius 1 is 1.06 bits per heavy atom. The van der Waals surface area contributed by atoms with Crippen LogP contribution in [0.4, 0.5) is 0 Å². The second-order valence-electron chi connectivity index (χ2n) is 7.17. The van der Waals surface area contributed by atoms with Gasteiger partial charge in [0.2, 0.25) is 0 Å². The third-order valence-electron chi connectivity index (χ3n) is 4.97. The number of ether oxygens (including phenoxy) is 3. The molecule has 2 aromatic carbocycles. The Morgan fingerprint density at radius 3 is 2.52 bits per heavy atom. The topological polar surface area (TPSA) is 74.0 Å². The summed E-state index contributed by atoms with van der Waals surface area (Å²) < 4.78 is 22.1. The lowest BCUT2D eigenvalue weighted by Gasteiger charge is -2.20. The van der Waals surface area contributed by atoms with Gasteiger partial charge in [0.1, 0.15) is 18.1 Å². The van der Waals surface area contributed by atoms with Gasteiger partial charge in [0, 0.05) is 13.6 Å². The van der Waals surface area contributed by atoms with E-state index in [9.17, 15) is 4.79 Å². The van der Waals surface area contributed by atoms with Crippen molar-refractivity contribution in [2.45, 2.75) is 33.9 Å². The summed E-state index contributed by atoms with van der Waals surface area (Å²) in [5.41, 5.74) is 3.10. The monoisotopic (exact) mass is 424 g/mol. The molecule has 31 heavy (non-hydrogen) atoms. The van der Waals surface area contributed by atoms with Crippen LogP contribution >= 0.6 is 0 Å². The van der Waals surface area contributed by atoms with E-state index in [1.165, 1.54) is 0 Å². The van der Waals surface area contributed by atoms with Gasteiger partial charge < -0.3 is 23.6 Å². The van der Waals surface area contributed by atoms with E-state index in [1.807, 2.05) is 51.1 Å². The number of hydrogen-bond acceptors (Lipinski definition) is 6. The molecule has 0 saturated heterocycles. The van der Waals surface area contributed by atoms with Crippen LogP contribution in [0.3, 0.4) is 0 Å². The van der Waals surface area contributed by atoms with Gasteiger partial charge in [-0.15, -0.1) is 0 Å². The number of para-hydroxylation sites is 1. The van der Waals surface area contributed by atoms with Gasteiger partial charge in [0.25, 0.3) is 5.91 Å². The van der Waals surface area contributed by atoms with E-state index in [0.717, 1.165) is 16.8 Å². The highest BCUT2D eigenvalue weighted by molar-refractivity contribution is 5.96. The smallest absolute Gasteiger partial charge is 0.257 e. The van der Waals surface area contributed by atoms with Crippen molar-refractivity contribution in [1.82, 2.24) is 10.1 Å². The molecular weight excluding hydrogens is 396 g/mol. The van der Waals surface area contributed by atoms with Crippen molar-refractivity contribution in [2.75, 3.05) is 20.8 Å². The molecule has 0 aliphatic carbocycles. The minimum Gasteiger partial charge on any atom is -0.493 e. The molecule has 0 N–H and O–H groups in total. The predicted octanol–water partition coefficient (Wildman–Crippen LogP) is 4.55. The first kappa shape index (κ1) is 22.2. The van der Waals surface area contributed by atoms with E-state index >= 15 is 0 Å². The van der Waals surface area contributed by atoms with Gasteiger partial charge in [0.05, 0.1) is 30.5 Å². The lowest BCUT2D eigenvalue weighted by Crippen LogP contribution is -2.26. The fraction of sp³-hybridized carbons (Fsp3) is 0.333. The van der Waals surface area contributed by atoms with Crippen molar-refractivity contribution in [3.8, 4) is 17.2 Å². The lowest BCUT2D eigenvalue weighted by atomic mass is 10.1. The van der Waals surface area contributed by atoms with Crippen molar-refractivity contribution in [3.05, 3.63) is 70.6 Å². The Labute approximate surface area is 182 Å². The highest BCUT2D eigenvalue weighted by Gasteiger charge is 2.19. The lowest BCUT2D eigenvalue weighted by molar-refractivity contribution is 0.0780. The van der Waals surface area contributed by atoms with Crippen molar-refractivity contribution in [3.63, 3.8) is 0 Å². The maximum Gasteiger partial charge on any atom is 0.257 e. The van der Waals surface area contributed by atoms with Crippen molar-refractivity contribution in [1.29, 1.82) is 0 Å². The van der Waals surface area contributed by atoms with Crippen LogP contribution in [0.25, 0.3) is 0 Å². The van der Waals surface area contributed by atoms with Gasteiger partial charge in [-0.3, -0.25) is 4.79 Å². The molecule has 0 bridgehead atoms. The summed E-state index contributed by atoms with van der Waals surface area (Å²) in [5, 5.41) is 3.94. The van der Waals surface area contributed by atoms with E-state index in [0.29, 0.717) is 41.7 Å². The molecule has 7 heteroatoms. The molecule has 1 aromatic heterocycles. The maximum absolute atomic E-state index is 13.1. The van der Waals surface area contributed by atoms with E-state index < -0.39 is 0 Å². The third kappa shape index (κ3) is 5.17. The molecule has 1 amide bonds. The number of nitrogens with zero attached hydrogens (tertiary/aromatic N) is 2. The minimum atomic E-state index is -0.137. The number of carbonyl (C=O) groups excluding carboxylic acids is 1. The van der Waals surface area contributed by atoms with Gasteiger partial charge in [-0.05, 0) is 50.6 Å². The second kappa shape index (κ2) is 10.0. The summed E-state index contributed by atoms with van der Waals surface area (Å²) >= 11 is 0. The number of aromatic nitrogens is 1. The summed E-state index contributed by atoms with van der Waals surface area (Å²) in [6.45, 7) is 6.88. The SMILES string of the molecule is CCOc1ccc(CN(C)C(=O)c2ccccc2OCc2c(C)noc2C)cc1OC. The normalized spacial score (nSPS) is 10.6. The van der Waals surface area contributed by atoms with Crippen molar-refractivity contribution >= 4 is 5.91 Å². The van der Waals surface area contributed by atoms with E-state index in [1.54, 1.807) is 31.2 Å². The third-order valence-corrected chi connectivity index (χ3v) is 4.97. The summed E-state index contributed by atoms with van der Waals surface area (Å²) in [6, 6.07) is 12.9. The van der Waals surface area contributed by atoms with Crippen LogP contribution < -0.4 is 14.2 Å². The number of aryl methyl sites for hydroxylation is 2. The summed E-state index contributed by atoms with van der Waals surface area (Å²) in [6.07, 6.45) is 0. The van der Waals surface area contributed by atoms with Gasteiger partial charge in [-0.2, -0.15) is 0 Å². The van der Waals surface area contributed by atoms with E-state index in [-0.39, 0.29) is 12.5 Å². The summed E-state index contributed by atoms with van der Waals surface area (Å²) in [4.78, 5) is 14.8. The van der Waals surface area contributed by atoms with Gasteiger partial charge in [-0.25, -0.2) is 0 Å². The summed E-state index contributed by atoms with van der Waals surface area (Å²) in [7, 11) is 3.36. The average Bonchev–Trinajstić information content (AvgIpc) is 3.10. The van der Waals surface area contributed by atoms with Crippen LogP contribution in [0, 0.1) is 13.8 Å². The largest absolute Gasteiger partial charge is 0.493 e. The van der Waals surface area contributed by atoms with Crippen LogP contribution in [-0.4, -0.2) is 36.7 Å². The number of amides is 1. The summed E-state index contributed by atoms with van der Waals surface area (Å²) in [5.74, 6) is 2.41. The Morgan fingerprint density at radius 2 is 1.84 bits per heavy atom.